The lowest BCUT2D eigenvalue weighted by Gasteiger charge is -1.88. The molecule has 72 valence electrons. The number of anilines is 1. The maximum atomic E-state index is 11.0. The molecule has 0 saturated carbocycles. The van der Waals surface area contributed by atoms with E-state index >= 15 is 0 Å². The van der Waals surface area contributed by atoms with Crippen molar-refractivity contribution in [3.63, 3.8) is 0 Å². The van der Waals surface area contributed by atoms with Gasteiger partial charge in [-0.2, -0.15) is 0 Å². The van der Waals surface area contributed by atoms with Crippen molar-refractivity contribution in [2.24, 2.45) is 5.73 Å². The van der Waals surface area contributed by atoms with E-state index in [4.69, 9.17) is 11.5 Å². The SMILES string of the molecule is NC(=O)c1sc(-c2cccs2)cc1N. The fourth-order valence-corrected chi connectivity index (χ4v) is 2.89. The smallest absolute Gasteiger partial charge is 0.260 e. The minimum Gasteiger partial charge on any atom is -0.397 e. The predicted molar refractivity (Wildman–Crippen MR) is 60.6 cm³/mol. The number of hydrogen-bond donors (Lipinski definition) is 2. The van der Waals surface area contributed by atoms with Crippen LogP contribution >= 0.6 is 22.7 Å². The second-order valence-corrected chi connectivity index (χ2v) is 4.74. The molecule has 0 spiro atoms. The minimum atomic E-state index is -0.463. The molecule has 2 aromatic heterocycles. The van der Waals surface area contributed by atoms with E-state index < -0.39 is 5.91 Å². The van der Waals surface area contributed by atoms with E-state index in [1.165, 1.54) is 11.3 Å². The number of hydrogen-bond acceptors (Lipinski definition) is 4. The average molecular weight is 224 g/mol. The molecule has 4 N–H and O–H groups in total. The second kappa shape index (κ2) is 3.43. The summed E-state index contributed by atoms with van der Waals surface area (Å²) < 4.78 is 0. The van der Waals surface area contributed by atoms with E-state index in [2.05, 4.69) is 0 Å². The molecule has 5 heteroatoms. The van der Waals surface area contributed by atoms with E-state index in [9.17, 15) is 4.79 Å². The van der Waals surface area contributed by atoms with Crippen LogP contribution in [0.4, 0.5) is 5.69 Å². The lowest BCUT2D eigenvalue weighted by Crippen LogP contribution is -2.10. The maximum Gasteiger partial charge on any atom is 0.260 e. The number of rotatable bonds is 2. The molecular formula is C9H8N2OS2. The maximum absolute atomic E-state index is 11.0. The van der Waals surface area contributed by atoms with E-state index in [1.54, 1.807) is 17.4 Å². The average Bonchev–Trinajstić information content (AvgIpc) is 2.70. The quantitative estimate of drug-likeness (QED) is 0.820. The molecule has 0 fully saturated rings. The van der Waals surface area contributed by atoms with E-state index in [0.29, 0.717) is 10.6 Å². The van der Waals surface area contributed by atoms with Crippen molar-refractivity contribution < 1.29 is 4.79 Å². The fraction of sp³-hybridized carbons (Fsp3) is 0. The van der Waals surface area contributed by atoms with Gasteiger partial charge in [0.25, 0.3) is 5.91 Å². The molecule has 0 aromatic carbocycles. The predicted octanol–water partition coefficient (Wildman–Crippen LogP) is 2.16. The van der Waals surface area contributed by atoms with Crippen LogP contribution in [0, 0.1) is 0 Å². The number of carbonyl (C=O) groups excluding carboxylic acids is 1. The number of thiophene rings is 2. The monoisotopic (exact) mass is 224 g/mol. The van der Waals surface area contributed by atoms with Crippen molar-refractivity contribution in [2.75, 3.05) is 5.73 Å². The third-order valence-electron chi connectivity index (χ3n) is 1.75. The zero-order chi connectivity index (χ0) is 10.1. The molecule has 0 aliphatic carbocycles. The fourth-order valence-electron chi connectivity index (χ4n) is 1.14. The first-order chi connectivity index (χ1) is 6.68. The van der Waals surface area contributed by atoms with Gasteiger partial charge in [-0.3, -0.25) is 4.79 Å². The Morgan fingerprint density at radius 1 is 1.36 bits per heavy atom. The zero-order valence-corrected chi connectivity index (χ0v) is 8.82. The number of nitrogens with two attached hydrogens (primary N) is 2. The lowest BCUT2D eigenvalue weighted by atomic mass is 10.3. The number of nitrogen functional groups attached to an aromatic ring is 1. The second-order valence-electron chi connectivity index (χ2n) is 2.74. The molecule has 0 aliphatic rings. The van der Waals surface area contributed by atoms with Crippen molar-refractivity contribution in [3.05, 3.63) is 28.5 Å². The van der Waals surface area contributed by atoms with Crippen LogP contribution in [0.2, 0.25) is 0 Å². The van der Waals surface area contributed by atoms with Crippen molar-refractivity contribution in [3.8, 4) is 9.75 Å². The Balaban J connectivity index is 2.48. The molecule has 2 rings (SSSR count). The van der Waals surface area contributed by atoms with Gasteiger partial charge >= 0.3 is 0 Å². The molecule has 0 aliphatic heterocycles. The van der Waals surface area contributed by atoms with Crippen LogP contribution < -0.4 is 11.5 Å². The highest BCUT2D eigenvalue weighted by atomic mass is 32.1. The first-order valence-electron chi connectivity index (χ1n) is 3.91. The van der Waals surface area contributed by atoms with Gasteiger partial charge < -0.3 is 11.5 Å². The van der Waals surface area contributed by atoms with Crippen LogP contribution in [0.25, 0.3) is 9.75 Å². The Labute approximate surface area is 89.0 Å². The Morgan fingerprint density at radius 2 is 2.14 bits per heavy atom. The van der Waals surface area contributed by atoms with E-state index in [1.807, 2.05) is 17.5 Å². The summed E-state index contributed by atoms with van der Waals surface area (Å²) in [7, 11) is 0. The van der Waals surface area contributed by atoms with Crippen LogP contribution in [0.15, 0.2) is 23.6 Å². The molecule has 0 atom stereocenters. The summed E-state index contributed by atoms with van der Waals surface area (Å²) in [5.74, 6) is -0.463. The van der Waals surface area contributed by atoms with Gasteiger partial charge in [0.1, 0.15) is 4.88 Å². The lowest BCUT2D eigenvalue weighted by molar-refractivity contribution is 0.100. The third-order valence-corrected chi connectivity index (χ3v) is 3.98. The zero-order valence-electron chi connectivity index (χ0n) is 7.19. The highest BCUT2D eigenvalue weighted by molar-refractivity contribution is 7.22. The molecule has 1 amide bonds. The topological polar surface area (TPSA) is 69.1 Å². The molecule has 0 saturated heterocycles. The highest BCUT2D eigenvalue weighted by Crippen LogP contribution is 2.35. The highest BCUT2D eigenvalue weighted by Gasteiger charge is 2.12. The van der Waals surface area contributed by atoms with Crippen LogP contribution in [-0.2, 0) is 0 Å². The van der Waals surface area contributed by atoms with Crippen LogP contribution in [0.3, 0.4) is 0 Å². The molecule has 2 heterocycles. The Kier molecular flexibility index (Phi) is 2.26. The Hall–Kier alpha value is -1.33. The van der Waals surface area contributed by atoms with Gasteiger partial charge in [-0.25, -0.2) is 0 Å². The van der Waals surface area contributed by atoms with Gasteiger partial charge in [-0.1, -0.05) is 6.07 Å². The van der Waals surface area contributed by atoms with Gasteiger partial charge in [-0.05, 0) is 17.5 Å². The number of amides is 1. The summed E-state index contributed by atoms with van der Waals surface area (Å²) in [5.41, 5.74) is 11.3. The molecule has 2 aromatic rings. The van der Waals surface area contributed by atoms with E-state index in [0.717, 1.165) is 9.75 Å². The first kappa shape index (κ1) is 9.23. The van der Waals surface area contributed by atoms with Gasteiger partial charge in [0.05, 0.1) is 5.69 Å². The van der Waals surface area contributed by atoms with Crippen molar-refractivity contribution >= 4 is 34.3 Å². The minimum absolute atomic E-state index is 0.438. The number of carbonyl (C=O) groups is 1. The van der Waals surface area contributed by atoms with Crippen LogP contribution in [0.5, 0.6) is 0 Å². The first-order valence-corrected chi connectivity index (χ1v) is 5.61. The molecule has 0 unspecified atom stereocenters. The summed E-state index contributed by atoms with van der Waals surface area (Å²) in [4.78, 5) is 13.5. The third kappa shape index (κ3) is 1.51. The Bertz CT molecular complexity index is 459. The van der Waals surface area contributed by atoms with Crippen molar-refractivity contribution in [1.82, 2.24) is 0 Å². The molecule has 14 heavy (non-hydrogen) atoms. The van der Waals surface area contributed by atoms with Gasteiger partial charge in [0.15, 0.2) is 0 Å². The summed E-state index contributed by atoms with van der Waals surface area (Å²) in [6.45, 7) is 0. The van der Waals surface area contributed by atoms with Gasteiger partial charge in [-0.15, -0.1) is 22.7 Å². The normalized spacial score (nSPS) is 10.3. The Morgan fingerprint density at radius 3 is 2.64 bits per heavy atom. The summed E-state index contributed by atoms with van der Waals surface area (Å²) in [6, 6.07) is 5.73. The van der Waals surface area contributed by atoms with Crippen LogP contribution in [0.1, 0.15) is 9.67 Å². The van der Waals surface area contributed by atoms with Crippen molar-refractivity contribution in [1.29, 1.82) is 0 Å². The summed E-state index contributed by atoms with van der Waals surface area (Å²) in [5, 5.41) is 1.98. The summed E-state index contributed by atoms with van der Waals surface area (Å²) in [6.07, 6.45) is 0. The molecule has 0 bridgehead atoms. The van der Waals surface area contributed by atoms with Gasteiger partial charge in [0.2, 0.25) is 0 Å². The van der Waals surface area contributed by atoms with Crippen molar-refractivity contribution in [2.45, 2.75) is 0 Å². The summed E-state index contributed by atoms with van der Waals surface area (Å²) >= 11 is 2.95. The molecule has 3 nitrogen and oxygen atoms in total. The largest absolute Gasteiger partial charge is 0.397 e. The van der Waals surface area contributed by atoms with Crippen LogP contribution in [-0.4, -0.2) is 5.91 Å². The molecule has 0 radical (unpaired) electrons. The van der Waals surface area contributed by atoms with E-state index in [-0.39, 0.29) is 0 Å². The van der Waals surface area contributed by atoms with Gasteiger partial charge in [0, 0.05) is 9.75 Å². The molecular weight excluding hydrogens is 216 g/mol. The number of primary amides is 1. The standard InChI is InChI=1S/C9H8N2OS2/c10-5-4-7(6-2-1-3-13-6)14-8(5)9(11)12/h1-4H,10H2,(H2,11,12).